The Labute approximate surface area is 156 Å². The van der Waals surface area contributed by atoms with Gasteiger partial charge in [-0.2, -0.15) is 0 Å². The van der Waals surface area contributed by atoms with E-state index in [0.717, 1.165) is 0 Å². The molecule has 2 rings (SSSR count). The van der Waals surface area contributed by atoms with E-state index < -0.39 is 0 Å². The topological polar surface area (TPSA) is 145 Å². The lowest BCUT2D eigenvalue weighted by Crippen LogP contribution is -2.22. The Morgan fingerprint density at radius 2 is 1.85 bits per heavy atom. The quantitative estimate of drug-likeness (QED) is 0.388. The van der Waals surface area contributed by atoms with Gasteiger partial charge < -0.3 is 21.5 Å². The van der Waals surface area contributed by atoms with Gasteiger partial charge in [-0.25, -0.2) is 4.98 Å². The minimum atomic E-state index is -0.381. The summed E-state index contributed by atoms with van der Waals surface area (Å²) in [5, 5.41) is 10.6. The minimum absolute atomic E-state index is 0.0860. The number of nitrogens with two attached hydrogens (primary N) is 2. The maximum absolute atomic E-state index is 11.9. The third-order valence-corrected chi connectivity index (χ3v) is 3.28. The summed E-state index contributed by atoms with van der Waals surface area (Å²) in [5.74, 6) is 0.135. The molecule has 2 aromatic rings. The lowest BCUT2D eigenvalue weighted by atomic mass is 10.1. The Bertz CT molecular complexity index is 851. The largest absolute Gasteiger partial charge is 0.424 e. The van der Waals surface area contributed by atoms with Crippen LogP contribution in [0.3, 0.4) is 0 Å². The first-order chi connectivity index (χ1) is 12.9. The van der Waals surface area contributed by atoms with Gasteiger partial charge in [0.2, 0.25) is 5.91 Å². The van der Waals surface area contributed by atoms with Crippen molar-refractivity contribution in [3.8, 4) is 5.75 Å². The summed E-state index contributed by atoms with van der Waals surface area (Å²) in [6.45, 7) is 3.71. The summed E-state index contributed by atoms with van der Waals surface area (Å²) < 4.78 is 5.35. The number of anilines is 2. The zero-order chi connectivity index (χ0) is 19.8. The van der Waals surface area contributed by atoms with Crippen LogP contribution in [0.25, 0.3) is 0 Å². The molecule has 0 radical (unpaired) electrons. The highest BCUT2D eigenvalue weighted by Crippen LogP contribution is 2.31. The molecule has 0 fully saturated rings. The van der Waals surface area contributed by atoms with E-state index >= 15 is 0 Å². The number of hydrogen-bond donors (Lipinski definition) is 3. The maximum atomic E-state index is 11.9. The second-order valence-electron chi connectivity index (χ2n) is 6.09. The normalized spacial score (nSPS) is 11.0. The molecule has 0 bridgehead atoms. The molecule has 9 nitrogen and oxygen atoms in total. The first kappa shape index (κ1) is 20.0. The van der Waals surface area contributed by atoms with Crippen LogP contribution in [0.5, 0.6) is 5.75 Å². The second-order valence-corrected chi connectivity index (χ2v) is 6.09. The third kappa shape index (κ3) is 6.15. The van der Waals surface area contributed by atoms with Crippen molar-refractivity contribution in [2.24, 2.45) is 21.9 Å². The summed E-state index contributed by atoms with van der Waals surface area (Å²) >= 11 is 0. The number of aromatic nitrogens is 1. The number of benzene rings is 1. The lowest BCUT2D eigenvalue weighted by molar-refractivity contribution is -0.135. The van der Waals surface area contributed by atoms with Crippen LogP contribution in [0.2, 0.25) is 0 Å². The van der Waals surface area contributed by atoms with Crippen LogP contribution in [0.15, 0.2) is 46.6 Å². The second kappa shape index (κ2) is 9.39. The van der Waals surface area contributed by atoms with Crippen molar-refractivity contribution in [2.75, 3.05) is 17.6 Å². The van der Waals surface area contributed by atoms with Crippen molar-refractivity contribution >= 4 is 34.9 Å². The molecule has 0 saturated carbocycles. The molecule has 0 spiro atoms. The van der Waals surface area contributed by atoms with Gasteiger partial charge in [-0.1, -0.05) is 26.0 Å². The van der Waals surface area contributed by atoms with E-state index in [0.29, 0.717) is 23.5 Å². The number of ether oxygens (including phenoxy) is 1. The number of nitrogens with one attached hydrogen (secondary N) is 1. The molecule has 0 unspecified atom stereocenters. The molecule has 27 heavy (non-hydrogen) atoms. The standard InChI is InChI=1S/C18H22N6O3/c1-11(2)9-17(26)27-14-6-4-3-5-12(14)23-24-13-7-8-15(22-18(13)20)21-16(25)10-19/h3-8,11H,9-10,19H2,1-2H3,(H3,20,21,22,25). The SMILES string of the molecule is CC(C)CC(=O)Oc1ccccc1N=Nc1ccc(NC(=O)CN)nc1N. The predicted molar refractivity (Wildman–Crippen MR) is 102 cm³/mol. The van der Waals surface area contributed by atoms with E-state index in [-0.39, 0.29) is 36.0 Å². The van der Waals surface area contributed by atoms with Crippen molar-refractivity contribution in [1.82, 2.24) is 4.98 Å². The molecule has 142 valence electrons. The Kier molecular flexibility index (Phi) is 6.95. The minimum Gasteiger partial charge on any atom is -0.424 e. The van der Waals surface area contributed by atoms with Crippen LogP contribution in [0.1, 0.15) is 20.3 Å². The highest BCUT2D eigenvalue weighted by Gasteiger charge is 2.11. The molecule has 0 aliphatic rings. The first-order valence-corrected chi connectivity index (χ1v) is 8.37. The number of rotatable bonds is 7. The van der Waals surface area contributed by atoms with Crippen LogP contribution >= 0.6 is 0 Å². The first-order valence-electron chi connectivity index (χ1n) is 8.37. The number of esters is 1. The molecule has 1 aromatic carbocycles. The van der Waals surface area contributed by atoms with Crippen LogP contribution in [-0.4, -0.2) is 23.4 Å². The molecule has 0 aliphatic heterocycles. The van der Waals surface area contributed by atoms with Crippen molar-refractivity contribution in [1.29, 1.82) is 0 Å². The summed E-state index contributed by atoms with van der Waals surface area (Å²) in [6, 6.07) is 9.89. The number of hydrogen-bond acceptors (Lipinski definition) is 8. The molecular formula is C18H22N6O3. The van der Waals surface area contributed by atoms with E-state index in [1.54, 1.807) is 30.3 Å². The fourth-order valence-electron chi connectivity index (χ4n) is 2.05. The Morgan fingerprint density at radius 1 is 1.15 bits per heavy atom. The molecule has 9 heteroatoms. The summed E-state index contributed by atoms with van der Waals surface area (Å²) in [5.41, 5.74) is 11.8. The number of amides is 1. The number of nitrogen functional groups attached to an aromatic ring is 1. The molecule has 0 aliphatic carbocycles. The number of nitrogens with zero attached hydrogens (tertiary/aromatic N) is 3. The smallest absolute Gasteiger partial charge is 0.311 e. The molecule has 5 N–H and O–H groups in total. The molecule has 1 heterocycles. The van der Waals surface area contributed by atoms with Gasteiger partial charge in [-0.3, -0.25) is 9.59 Å². The fourth-order valence-corrected chi connectivity index (χ4v) is 2.05. The molecule has 0 atom stereocenters. The Morgan fingerprint density at radius 3 is 2.52 bits per heavy atom. The molecule has 1 amide bonds. The van der Waals surface area contributed by atoms with Gasteiger partial charge in [-0.05, 0) is 30.2 Å². The van der Waals surface area contributed by atoms with Crippen molar-refractivity contribution in [2.45, 2.75) is 20.3 Å². The third-order valence-electron chi connectivity index (χ3n) is 3.28. The number of azo groups is 1. The van der Waals surface area contributed by atoms with Crippen molar-refractivity contribution in [3.05, 3.63) is 36.4 Å². The molecule has 1 aromatic heterocycles. The van der Waals surface area contributed by atoms with Crippen LogP contribution < -0.4 is 21.5 Å². The summed E-state index contributed by atoms with van der Waals surface area (Å²) in [7, 11) is 0. The van der Waals surface area contributed by atoms with Crippen LogP contribution in [-0.2, 0) is 9.59 Å². The summed E-state index contributed by atoms with van der Waals surface area (Å²) in [4.78, 5) is 27.2. The fraction of sp³-hybridized carbons (Fsp3) is 0.278. The summed E-state index contributed by atoms with van der Waals surface area (Å²) in [6.07, 6.45) is 0.304. The zero-order valence-electron chi connectivity index (χ0n) is 15.2. The monoisotopic (exact) mass is 370 g/mol. The number of pyridine rings is 1. The highest BCUT2D eigenvalue weighted by molar-refractivity contribution is 5.91. The van der Waals surface area contributed by atoms with E-state index in [4.69, 9.17) is 16.2 Å². The molecule has 0 saturated heterocycles. The van der Waals surface area contributed by atoms with Gasteiger partial charge in [0.25, 0.3) is 0 Å². The Hall–Kier alpha value is -3.33. The number of carbonyl (C=O) groups excluding carboxylic acids is 2. The number of carbonyl (C=O) groups is 2. The van der Waals surface area contributed by atoms with E-state index in [9.17, 15) is 9.59 Å². The van der Waals surface area contributed by atoms with Crippen molar-refractivity contribution in [3.63, 3.8) is 0 Å². The number of para-hydroxylation sites is 1. The van der Waals surface area contributed by atoms with Gasteiger partial charge in [-0.15, -0.1) is 10.2 Å². The average molecular weight is 370 g/mol. The van der Waals surface area contributed by atoms with Crippen molar-refractivity contribution < 1.29 is 14.3 Å². The van der Waals surface area contributed by atoms with Gasteiger partial charge in [0.1, 0.15) is 17.2 Å². The van der Waals surface area contributed by atoms with Crippen LogP contribution in [0, 0.1) is 5.92 Å². The maximum Gasteiger partial charge on any atom is 0.311 e. The average Bonchev–Trinajstić information content (AvgIpc) is 2.61. The van der Waals surface area contributed by atoms with Gasteiger partial charge in [0.15, 0.2) is 11.6 Å². The van der Waals surface area contributed by atoms with E-state index in [2.05, 4.69) is 20.5 Å². The zero-order valence-corrected chi connectivity index (χ0v) is 15.2. The van der Waals surface area contributed by atoms with Gasteiger partial charge >= 0.3 is 5.97 Å². The lowest BCUT2D eigenvalue weighted by Gasteiger charge is -2.08. The van der Waals surface area contributed by atoms with Crippen LogP contribution in [0.4, 0.5) is 23.0 Å². The Balaban J connectivity index is 2.16. The highest BCUT2D eigenvalue weighted by atomic mass is 16.5. The van der Waals surface area contributed by atoms with E-state index in [1.165, 1.54) is 6.07 Å². The molecular weight excluding hydrogens is 348 g/mol. The predicted octanol–water partition coefficient (Wildman–Crippen LogP) is 2.93. The van der Waals surface area contributed by atoms with E-state index in [1.807, 2.05) is 13.8 Å². The van der Waals surface area contributed by atoms with Gasteiger partial charge in [0, 0.05) is 6.42 Å². The van der Waals surface area contributed by atoms with Gasteiger partial charge in [0.05, 0.1) is 6.54 Å².